The highest BCUT2D eigenvalue weighted by molar-refractivity contribution is 6.34. The van der Waals surface area contributed by atoms with Gasteiger partial charge in [0.05, 0.1) is 31.4 Å². The highest BCUT2D eigenvalue weighted by Gasteiger charge is 2.26. The molecule has 1 atom stereocenters. The number of amides is 1. The number of nitrogens with one attached hydrogen (secondary N) is 1. The predicted octanol–water partition coefficient (Wildman–Crippen LogP) is 2.43. The first-order valence-corrected chi connectivity index (χ1v) is 9.90. The Labute approximate surface area is 169 Å². The number of morpholine rings is 1. The van der Waals surface area contributed by atoms with Gasteiger partial charge in [-0.2, -0.15) is 0 Å². The van der Waals surface area contributed by atoms with Crippen LogP contribution in [0.4, 0.5) is 10.1 Å². The van der Waals surface area contributed by atoms with Gasteiger partial charge in [0.25, 0.3) is 5.91 Å². The highest BCUT2D eigenvalue weighted by Crippen LogP contribution is 2.34. The van der Waals surface area contributed by atoms with E-state index in [1.54, 1.807) is 12.1 Å². The molecule has 0 unspecified atom stereocenters. The van der Waals surface area contributed by atoms with Crippen molar-refractivity contribution in [1.29, 1.82) is 0 Å². The minimum Gasteiger partial charge on any atom is -0.390 e. The molecule has 1 aromatic heterocycles. The van der Waals surface area contributed by atoms with Crippen molar-refractivity contribution in [1.82, 2.24) is 9.47 Å². The van der Waals surface area contributed by atoms with Gasteiger partial charge in [-0.05, 0) is 49.8 Å². The lowest BCUT2D eigenvalue weighted by Crippen LogP contribution is -2.42. The molecule has 2 N–H and O–H groups in total. The second-order valence-electron chi connectivity index (χ2n) is 7.73. The predicted molar refractivity (Wildman–Crippen MR) is 110 cm³/mol. The standard InChI is InChI=1S/C22H26FN3O3/c1-14-9-15(2)26(13-17(27)12-25-5-7-29-8-6-25)21(14)11-19-18-10-16(23)3-4-20(18)24-22(19)28/h3-4,9-11,17,27H,5-8,12-13H2,1-2H3,(H,24,28)/t17-/m1/s1. The number of hydrogen-bond donors (Lipinski definition) is 2. The fourth-order valence-corrected chi connectivity index (χ4v) is 4.09. The minimum absolute atomic E-state index is 0.246. The van der Waals surface area contributed by atoms with E-state index in [1.807, 2.05) is 24.5 Å². The summed E-state index contributed by atoms with van der Waals surface area (Å²) < 4.78 is 21.1. The number of carbonyl (C=O) groups excluding carboxylic acids is 1. The van der Waals surface area contributed by atoms with Gasteiger partial charge in [-0.3, -0.25) is 9.69 Å². The van der Waals surface area contributed by atoms with Crippen molar-refractivity contribution in [2.45, 2.75) is 26.5 Å². The number of ether oxygens (including phenoxy) is 1. The summed E-state index contributed by atoms with van der Waals surface area (Å²) in [7, 11) is 0. The van der Waals surface area contributed by atoms with Crippen LogP contribution in [-0.2, 0) is 16.1 Å². The van der Waals surface area contributed by atoms with Crippen LogP contribution in [0.5, 0.6) is 0 Å². The second kappa shape index (κ2) is 8.10. The number of aliphatic hydroxyl groups is 1. The SMILES string of the molecule is Cc1cc(C)n(C[C@H](O)CN2CCOCC2)c1C=C1C(=O)Nc2ccc(F)cc21. The van der Waals surface area contributed by atoms with Crippen LogP contribution in [0.15, 0.2) is 24.3 Å². The quantitative estimate of drug-likeness (QED) is 0.758. The lowest BCUT2D eigenvalue weighted by atomic mass is 10.0. The van der Waals surface area contributed by atoms with Crippen molar-refractivity contribution >= 4 is 23.2 Å². The number of anilines is 1. The van der Waals surface area contributed by atoms with Crippen molar-refractivity contribution in [3.05, 3.63) is 52.6 Å². The third-order valence-electron chi connectivity index (χ3n) is 5.56. The van der Waals surface area contributed by atoms with Gasteiger partial charge in [-0.25, -0.2) is 4.39 Å². The lowest BCUT2D eigenvalue weighted by Gasteiger charge is -2.29. The van der Waals surface area contributed by atoms with E-state index < -0.39 is 6.10 Å². The Hall–Kier alpha value is -2.48. The molecule has 1 amide bonds. The zero-order valence-corrected chi connectivity index (χ0v) is 16.7. The van der Waals surface area contributed by atoms with Gasteiger partial charge >= 0.3 is 0 Å². The topological polar surface area (TPSA) is 66.7 Å². The Morgan fingerprint density at radius 2 is 2.00 bits per heavy atom. The number of β-amino-alcohol motifs (C(OH)–C–C–N with tert-alkyl or cyclic N) is 1. The minimum atomic E-state index is -0.544. The first kappa shape index (κ1) is 19.8. The summed E-state index contributed by atoms with van der Waals surface area (Å²) in [6.45, 7) is 7.98. The maximum atomic E-state index is 13.7. The molecule has 0 bridgehead atoms. The summed E-state index contributed by atoms with van der Waals surface area (Å²) in [4.78, 5) is 14.7. The number of nitrogens with zero attached hydrogens (tertiary/aromatic N) is 2. The summed E-state index contributed by atoms with van der Waals surface area (Å²) in [5, 5.41) is 13.5. The molecule has 7 heteroatoms. The molecule has 154 valence electrons. The number of fused-ring (bicyclic) bond motifs is 1. The maximum absolute atomic E-state index is 13.7. The van der Waals surface area contributed by atoms with Crippen LogP contribution in [0.1, 0.15) is 22.5 Å². The number of aliphatic hydroxyl groups excluding tert-OH is 1. The number of carbonyl (C=O) groups is 1. The second-order valence-corrected chi connectivity index (χ2v) is 7.73. The molecule has 2 aliphatic rings. The van der Waals surface area contributed by atoms with Crippen LogP contribution in [0, 0.1) is 19.7 Å². The Morgan fingerprint density at radius 1 is 1.24 bits per heavy atom. The Kier molecular flexibility index (Phi) is 5.54. The normalized spacial score (nSPS) is 19.4. The van der Waals surface area contributed by atoms with E-state index in [4.69, 9.17) is 4.74 Å². The monoisotopic (exact) mass is 399 g/mol. The lowest BCUT2D eigenvalue weighted by molar-refractivity contribution is -0.110. The van der Waals surface area contributed by atoms with Crippen LogP contribution >= 0.6 is 0 Å². The molecular weight excluding hydrogens is 373 g/mol. The average Bonchev–Trinajstić information content (AvgIpc) is 3.12. The van der Waals surface area contributed by atoms with Crippen molar-refractivity contribution in [2.75, 3.05) is 38.2 Å². The van der Waals surface area contributed by atoms with Gasteiger partial charge < -0.3 is 19.7 Å². The molecule has 1 saturated heterocycles. The van der Waals surface area contributed by atoms with E-state index in [1.165, 1.54) is 12.1 Å². The number of hydrogen-bond acceptors (Lipinski definition) is 4. The van der Waals surface area contributed by atoms with Gasteiger partial charge in [0, 0.05) is 42.3 Å². The molecule has 2 aromatic rings. The van der Waals surface area contributed by atoms with Crippen LogP contribution < -0.4 is 5.32 Å². The molecule has 6 nitrogen and oxygen atoms in total. The molecule has 29 heavy (non-hydrogen) atoms. The smallest absolute Gasteiger partial charge is 0.256 e. The molecule has 0 aliphatic carbocycles. The van der Waals surface area contributed by atoms with E-state index >= 15 is 0 Å². The molecule has 3 heterocycles. The largest absolute Gasteiger partial charge is 0.390 e. The Bertz CT molecular complexity index is 960. The average molecular weight is 399 g/mol. The van der Waals surface area contributed by atoms with Crippen LogP contribution in [0.2, 0.25) is 0 Å². The number of aryl methyl sites for hydroxylation is 2. The molecule has 4 rings (SSSR count). The van der Waals surface area contributed by atoms with Crippen LogP contribution in [0.3, 0.4) is 0 Å². The van der Waals surface area contributed by atoms with E-state index in [9.17, 15) is 14.3 Å². The van der Waals surface area contributed by atoms with Crippen molar-refractivity contribution in [3.63, 3.8) is 0 Å². The number of benzene rings is 1. The number of rotatable bonds is 5. The van der Waals surface area contributed by atoms with Gasteiger partial charge in [0.15, 0.2) is 0 Å². The summed E-state index contributed by atoms with van der Waals surface area (Å²) >= 11 is 0. The Morgan fingerprint density at radius 3 is 2.76 bits per heavy atom. The molecule has 0 saturated carbocycles. The summed E-state index contributed by atoms with van der Waals surface area (Å²) in [6, 6.07) is 6.32. The van der Waals surface area contributed by atoms with E-state index in [0.717, 1.165) is 30.0 Å². The van der Waals surface area contributed by atoms with Gasteiger partial charge in [-0.1, -0.05) is 0 Å². The molecule has 0 spiro atoms. The molecular formula is C22H26FN3O3. The van der Waals surface area contributed by atoms with E-state index in [-0.39, 0.29) is 11.7 Å². The fourth-order valence-electron chi connectivity index (χ4n) is 4.09. The Balaban J connectivity index is 1.61. The van der Waals surface area contributed by atoms with Gasteiger partial charge in [0.1, 0.15) is 5.82 Å². The fraction of sp³-hybridized carbons (Fsp3) is 0.409. The van der Waals surface area contributed by atoms with E-state index in [0.29, 0.717) is 43.1 Å². The third-order valence-corrected chi connectivity index (χ3v) is 5.56. The first-order chi connectivity index (χ1) is 13.9. The van der Waals surface area contributed by atoms with Crippen LogP contribution in [0.25, 0.3) is 11.6 Å². The van der Waals surface area contributed by atoms with Gasteiger partial charge in [-0.15, -0.1) is 0 Å². The summed E-state index contributed by atoms with van der Waals surface area (Å²) in [5.41, 5.74) is 4.48. The number of aromatic nitrogens is 1. The van der Waals surface area contributed by atoms with Gasteiger partial charge in [0.2, 0.25) is 0 Å². The number of halogens is 1. The first-order valence-electron chi connectivity index (χ1n) is 9.90. The van der Waals surface area contributed by atoms with Crippen molar-refractivity contribution in [3.8, 4) is 0 Å². The molecule has 1 aromatic carbocycles. The maximum Gasteiger partial charge on any atom is 0.256 e. The van der Waals surface area contributed by atoms with Crippen molar-refractivity contribution in [2.24, 2.45) is 0 Å². The molecule has 0 radical (unpaired) electrons. The summed E-state index contributed by atoms with van der Waals surface area (Å²) in [6.07, 6.45) is 1.25. The zero-order valence-electron chi connectivity index (χ0n) is 16.7. The van der Waals surface area contributed by atoms with Crippen molar-refractivity contribution < 1.29 is 19.0 Å². The zero-order chi connectivity index (χ0) is 20.5. The van der Waals surface area contributed by atoms with Crippen LogP contribution in [-0.4, -0.2) is 59.4 Å². The molecule has 1 fully saturated rings. The summed E-state index contributed by atoms with van der Waals surface area (Å²) in [5.74, 6) is -0.625. The highest BCUT2D eigenvalue weighted by atomic mass is 19.1. The molecule has 2 aliphatic heterocycles. The third kappa shape index (κ3) is 4.12. The van der Waals surface area contributed by atoms with E-state index in [2.05, 4.69) is 10.2 Å².